The molecule has 0 radical (unpaired) electrons. The lowest BCUT2D eigenvalue weighted by Gasteiger charge is -2.64. The number of hydrogen-bond acceptors (Lipinski definition) is 9. The first-order valence-corrected chi connectivity index (χ1v) is 14.4. The van der Waals surface area contributed by atoms with Crippen molar-refractivity contribution >= 4 is 0 Å². The van der Waals surface area contributed by atoms with Gasteiger partial charge in [-0.2, -0.15) is 0 Å². The van der Waals surface area contributed by atoms with Crippen LogP contribution in [-0.2, 0) is 14.2 Å². The van der Waals surface area contributed by atoms with E-state index in [1.54, 1.807) is 45.4 Å². The monoisotopic (exact) mass is 547 g/mol. The van der Waals surface area contributed by atoms with Crippen LogP contribution in [0.2, 0.25) is 0 Å². The molecule has 7 N–H and O–H groups in total. The summed E-state index contributed by atoms with van der Waals surface area (Å²) in [5.74, 6) is 1.20. The standard InChI is InChI=1S/C14H22.C11H21NO5.C2H6O.2CH4O/c1-11-4-10-5-12(2)9-13(3,7-11)14(12,6-10)8-11;1-6-2-7(13)4-16-11(6)17-9-5-15-10(12)3-8(9)14;1-2-3;2*1-2/h10H,4-9H2,1-3H3;6-11,13-14H,2-5,12H2,1H3;3H,2H2,1H3;2*2H,1H3/t;6?,7-,8+,9?,10?,11-;;;/m.0.../s1. The second-order valence-electron chi connectivity index (χ2n) is 13.3. The van der Waals surface area contributed by atoms with Crippen LogP contribution in [0.15, 0.2) is 0 Å². The smallest absolute Gasteiger partial charge is 0.160 e. The number of aliphatic hydroxyl groups excluding tert-OH is 5. The van der Waals surface area contributed by atoms with Crippen LogP contribution < -0.4 is 5.73 Å². The summed E-state index contributed by atoms with van der Waals surface area (Å²) in [5.41, 5.74) is 8.63. The van der Waals surface area contributed by atoms with Crippen LogP contribution in [0, 0.1) is 33.5 Å². The van der Waals surface area contributed by atoms with Crippen LogP contribution in [0.4, 0.5) is 0 Å². The first-order valence-electron chi connectivity index (χ1n) is 14.4. The van der Waals surface area contributed by atoms with Gasteiger partial charge < -0.3 is 45.5 Å². The summed E-state index contributed by atoms with van der Waals surface area (Å²) in [6.45, 7) is 12.2. The Balaban J connectivity index is 0.000000218. The lowest BCUT2D eigenvalue weighted by molar-refractivity contribution is -0.264. The molecule has 1 spiro atoms. The SMILES string of the molecule is CC12CC3CC4(C)CC(C)(C1)C4(C3)C2.CC1C[C@H](O)CO[C@H]1OC1COC(N)C[C@H]1O.CCO.CO.CO. The Labute approximate surface area is 230 Å². The van der Waals surface area contributed by atoms with Gasteiger partial charge in [0.15, 0.2) is 6.29 Å². The molecule has 3 bridgehead atoms. The van der Waals surface area contributed by atoms with E-state index in [9.17, 15) is 10.2 Å². The van der Waals surface area contributed by atoms with Gasteiger partial charge in [-0.25, -0.2) is 0 Å². The van der Waals surface area contributed by atoms with Gasteiger partial charge in [0.25, 0.3) is 0 Å². The quantitative estimate of drug-likeness (QED) is 0.306. The highest BCUT2D eigenvalue weighted by Crippen LogP contribution is 2.88. The third-order valence-electron chi connectivity index (χ3n) is 10.0. The number of ether oxygens (including phenoxy) is 3. The summed E-state index contributed by atoms with van der Waals surface area (Å²) in [6.07, 6.45) is 8.13. The Morgan fingerprint density at radius 3 is 2.08 bits per heavy atom. The van der Waals surface area contributed by atoms with Crippen LogP contribution in [0.25, 0.3) is 0 Å². The molecule has 2 saturated heterocycles. The van der Waals surface area contributed by atoms with Crippen molar-refractivity contribution in [1.82, 2.24) is 0 Å². The van der Waals surface area contributed by atoms with E-state index in [2.05, 4.69) is 20.8 Å². The van der Waals surface area contributed by atoms with E-state index >= 15 is 0 Å². The molecule has 6 aliphatic rings. The average molecular weight is 548 g/mol. The van der Waals surface area contributed by atoms with Gasteiger partial charge in [-0.1, -0.05) is 27.7 Å². The maximum Gasteiger partial charge on any atom is 0.160 e. The van der Waals surface area contributed by atoms with Crippen molar-refractivity contribution in [2.24, 2.45) is 39.2 Å². The topological polar surface area (TPSA) is 155 Å². The third-order valence-corrected chi connectivity index (χ3v) is 10.0. The molecule has 2 aliphatic heterocycles. The maximum absolute atomic E-state index is 9.82. The number of aliphatic hydroxyl groups is 5. The van der Waals surface area contributed by atoms with E-state index in [-0.39, 0.29) is 25.7 Å². The molecule has 6 rings (SSSR count). The Morgan fingerprint density at radius 2 is 1.50 bits per heavy atom. The molecule has 2 heterocycles. The molecule has 0 aromatic carbocycles. The lowest BCUT2D eigenvalue weighted by Crippen LogP contribution is -2.57. The minimum atomic E-state index is -0.624. The predicted octanol–water partition coefficient (Wildman–Crippen LogP) is 2.40. The van der Waals surface area contributed by atoms with Gasteiger partial charge in [-0.05, 0) is 79.4 Å². The number of fused-ring (bicyclic) bond motifs is 2. The van der Waals surface area contributed by atoms with Crippen molar-refractivity contribution in [2.75, 3.05) is 34.0 Å². The minimum Gasteiger partial charge on any atom is -0.400 e. The third kappa shape index (κ3) is 6.58. The summed E-state index contributed by atoms with van der Waals surface area (Å²) < 4.78 is 16.3. The normalized spacial score (nSPS) is 49.3. The van der Waals surface area contributed by atoms with E-state index in [1.165, 1.54) is 0 Å². The molecule has 4 saturated carbocycles. The zero-order valence-corrected chi connectivity index (χ0v) is 24.9. The van der Waals surface area contributed by atoms with Gasteiger partial charge in [0.05, 0.1) is 25.4 Å². The minimum absolute atomic E-state index is 0.0987. The zero-order chi connectivity index (χ0) is 28.9. The molecule has 38 heavy (non-hydrogen) atoms. The summed E-state index contributed by atoms with van der Waals surface area (Å²) in [6, 6.07) is 0. The average Bonchev–Trinajstić information content (AvgIpc) is 3.11. The van der Waals surface area contributed by atoms with Crippen LogP contribution >= 0.6 is 0 Å². The number of hydrogen-bond donors (Lipinski definition) is 6. The molecular formula is C29H57NO8. The summed E-state index contributed by atoms with van der Waals surface area (Å²) in [4.78, 5) is 0. The fourth-order valence-corrected chi connectivity index (χ4v) is 9.47. The highest BCUT2D eigenvalue weighted by atomic mass is 16.7. The molecule has 6 fully saturated rings. The van der Waals surface area contributed by atoms with Gasteiger partial charge in [0.2, 0.25) is 0 Å². The Morgan fingerprint density at radius 1 is 0.868 bits per heavy atom. The van der Waals surface area contributed by atoms with Crippen molar-refractivity contribution in [2.45, 2.75) is 117 Å². The van der Waals surface area contributed by atoms with E-state index in [0.717, 1.165) is 41.8 Å². The first-order chi connectivity index (χ1) is 17.9. The molecule has 9 nitrogen and oxygen atoms in total. The van der Waals surface area contributed by atoms with Gasteiger partial charge in [-0.15, -0.1) is 0 Å². The summed E-state index contributed by atoms with van der Waals surface area (Å²) in [7, 11) is 2.00. The largest absolute Gasteiger partial charge is 0.400 e. The van der Waals surface area contributed by atoms with E-state index < -0.39 is 30.8 Å². The van der Waals surface area contributed by atoms with E-state index in [0.29, 0.717) is 12.8 Å². The van der Waals surface area contributed by atoms with Crippen LogP contribution in [0.5, 0.6) is 0 Å². The first kappa shape index (κ1) is 33.8. The zero-order valence-electron chi connectivity index (χ0n) is 24.9. The Bertz CT molecular complexity index is 703. The van der Waals surface area contributed by atoms with Gasteiger partial charge >= 0.3 is 0 Å². The van der Waals surface area contributed by atoms with E-state index in [1.807, 2.05) is 6.92 Å². The molecule has 8 unspecified atom stereocenters. The van der Waals surface area contributed by atoms with Crippen LogP contribution in [0.3, 0.4) is 0 Å². The Hall–Kier alpha value is -0.360. The second kappa shape index (κ2) is 13.5. The van der Waals surface area contributed by atoms with Crippen molar-refractivity contribution in [3.05, 3.63) is 0 Å². The van der Waals surface area contributed by atoms with Gasteiger partial charge in [0.1, 0.15) is 12.3 Å². The van der Waals surface area contributed by atoms with E-state index in [4.69, 9.17) is 35.3 Å². The van der Waals surface area contributed by atoms with Crippen molar-refractivity contribution < 1.29 is 39.7 Å². The summed E-state index contributed by atoms with van der Waals surface area (Å²) >= 11 is 0. The lowest BCUT2D eigenvalue weighted by atomic mass is 9.40. The molecule has 4 aliphatic carbocycles. The summed E-state index contributed by atoms with van der Waals surface area (Å²) in [5, 5.41) is 40.8. The molecule has 0 aromatic rings. The molecule has 9 heteroatoms. The second-order valence-corrected chi connectivity index (χ2v) is 13.3. The van der Waals surface area contributed by atoms with Crippen LogP contribution in [-0.4, -0.2) is 90.4 Å². The fraction of sp³-hybridized carbons (Fsp3) is 1.00. The van der Waals surface area contributed by atoms with Crippen LogP contribution in [0.1, 0.15) is 86.0 Å². The molecule has 226 valence electrons. The Kier molecular flexibility index (Phi) is 12.1. The number of rotatable bonds is 2. The highest BCUT2D eigenvalue weighted by Gasteiger charge is 2.79. The predicted molar refractivity (Wildman–Crippen MR) is 146 cm³/mol. The van der Waals surface area contributed by atoms with Crippen molar-refractivity contribution in [1.29, 1.82) is 0 Å². The van der Waals surface area contributed by atoms with Crippen molar-refractivity contribution in [3.63, 3.8) is 0 Å². The molecular weight excluding hydrogens is 490 g/mol. The van der Waals surface area contributed by atoms with Crippen molar-refractivity contribution in [3.8, 4) is 0 Å². The highest BCUT2D eigenvalue weighted by molar-refractivity contribution is 5.28. The molecule has 11 atom stereocenters. The van der Waals surface area contributed by atoms with Gasteiger partial charge in [0, 0.05) is 33.2 Å². The molecule has 0 amide bonds. The van der Waals surface area contributed by atoms with Gasteiger partial charge in [-0.3, -0.25) is 0 Å². The maximum atomic E-state index is 9.82. The number of nitrogens with two attached hydrogens (primary N) is 1. The molecule has 0 aromatic heterocycles. The fourth-order valence-electron chi connectivity index (χ4n) is 9.47.